The molecule has 1 aliphatic heterocycles. The number of aromatic nitrogens is 2. The van der Waals surface area contributed by atoms with E-state index in [-0.39, 0.29) is 19.8 Å². The highest BCUT2D eigenvalue weighted by atomic mass is 35.5. The number of ether oxygens (including phenoxy) is 3. The minimum atomic E-state index is -1.55. The number of rotatable bonds is 9. The highest BCUT2D eigenvalue weighted by Gasteiger charge is 2.57. The van der Waals surface area contributed by atoms with Crippen LogP contribution in [-0.2, 0) is 27.4 Å². The second-order valence-corrected chi connectivity index (χ2v) is 8.37. The standard InChI is InChI=1S/C24H24ClFN2O5/c25-20-21(32-14-18-9-5-2-6-10-18)24(15-26,16-31-13-17-7-3-1-4-8-17)33-22(20)28-12-11-19(29)27-23(28)30/h1-12,20-22H,13-16H2,(H,27,29,30)/t20-,21+,22-,24-/m1/s1. The summed E-state index contributed by atoms with van der Waals surface area (Å²) in [7, 11) is 0. The average Bonchev–Trinajstić information content (AvgIpc) is 3.10. The smallest absolute Gasteiger partial charge is 0.330 e. The van der Waals surface area contributed by atoms with Crippen LogP contribution in [0.1, 0.15) is 17.4 Å². The van der Waals surface area contributed by atoms with E-state index in [2.05, 4.69) is 4.98 Å². The van der Waals surface area contributed by atoms with E-state index < -0.39 is 41.2 Å². The van der Waals surface area contributed by atoms with Crippen LogP contribution in [0.5, 0.6) is 0 Å². The van der Waals surface area contributed by atoms with Gasteiger partial charge in [-0.05, 0) is 11.1 Å². The van der Waals surface area contributed by atoms with Crippen molar-refractivity contribution in [1.82, 2.24) is 9.55 Å². The van der Waals surface area contributed by atoms with Crippen LogP contribution in [0.25, 0.3) is 0 Å². The number of H-pyrrole nitrogens is 1. The Bertz CT molecular complexity index is 1160. The molecule has 1 aliphatic rings. The van der Waals surface area contributed by atoms with Gasteiger partial charge in [-0.2, -0.15) is 0 Å². The van der Waals surface area contributed by atoms with Crippen molar-refractivity contribution in [2.45, 2.75) is 36.5 Å². The zero-order chi connectivity index (χ0) is 23.3. The van der Waals surface area contributed by atoms with E-state index in [1.807, 2.05) is 60.7 Å². The van der Waals surface area contributed by atoms with Crippen molar-refractivity contribution >= 4 is 11.6 Å². The van der Waals surface area contributed by atoms with Gasteiger partial charge >= 0.3 is 5.69 Å². The van der Waals surface area contributed by atoms with E-state index in [0.717, 1.165) is 15.7 Å². The maximum Gasteiger partial charge on any atom is 0.330 e. The van der Waals surface area contributed by atoms with E-state index in [4.69, 9.17) is 25.8 Å². The van der Waals surface area contributed by atoms with E-state index >= 15 is 0 Å². The van der Waals surface area contributed by atoms with E-state index in [9.17, 15) is 14.0 Å². The van der Waals surface area contributed by atoms with Gasteiger partial charge in [0.1, 0.15) is 23.8 Å². The van der Waals surface area contributed by atoms with Crippen LogP contribution < -0.4 is 11.2 Å². The van der Waals surface area contributed by atoms with Gasteiger partial charge < -0.3 is 14.2 Å². The average molecular weight is 475 g/mol. The van der Waals surface area contributed by atoms with Crippen molar-refractivity contribution in [3.8, 4) is 0 Å². The number of aromatic amines is 1. The summed E-state index contributed by atoms with van der Waals surface area (Å²) in [6.07, 6.45) is -0.717. The lowest BCUT2D eigenvalue weighted by Crippen LogP contribution is -2.49. The minimum absolute atomic E-state index is 0.143. The lowest BCUT2D eigenvalue weighted by Gasteiger charge is -2.32. The first-order valence-corrected chi connectivity index (χ1v) is 10.9. The number of nitrogens with zero attached hydrogens (tertiary/aromatic N) is 1. The van der Waals surface area contributed by atoms with Crippen molar-refractivity contribution < 1.29 is 18.6 Å². The van der Waals surface area contributed by atoms with Gasteiger partial charge in [-0.1, -0.05) is 60.7 Å². The number of hydrogen-bond acceptors (Lipinski definition) is 5. The van der Waals surface area contributed by atoms with Crippen LogP contribution in [0.3, 0.4) is 0 Å². The zero-order valence-electron chi connectivity index (χ0n) is 17.7. The molecule has 9 heteroatoms. The number of benzene rings is 2. The Kier molecular flexibility index (Phi) is 7.39. The van der Waals surface area contributed by atoms with Gasteiger partial charge in [0, 0.05) is 12.3 Å². The molecule has 0 radical (unpaired) electrons. The highest BCUT2D eigenvalue weighted by molar-refractivity contribution is 6.21. The Hall–Kier alpha value is -2.78. The van der Waals surface area contributed by atoms with Crippen LogP contribution in [0.15, 0.2) is 82.5 Å². The van der Waals surface area contributed by atoms with Crippen LogP contribution in [0.2, 0.25) is 0 Å². The van der Waals surface area contributed by atoms with Crippen LogP contribution in [-0.4, -0.2) is 39.9 Å². The van der Waals surface area contributed by atoms with Crippen molar-refractivity contribution in [2.75, 3.05) is 13.3 Å². The fourth-order valence-corrected chi connectivity index (χ4v) is 4.31. The summed E-state index contributed by atoms with van der Waals surface area (Å²) in [6.45, 7) is -0.673. The quantitative estimate of drug-likeness (QED) is 0.482. The molecule has 1 fully saturated rings. The molecule has 0 amide bonds. The first-order chi connectivity index (χ1) is 16.0. The van der Waals surface area contributed by atoms with Crippen molar-refractivity contribution in [3.63, 3.8) is 0 Å². The molecule has 0 bridgehead atoms. The van der Waals surface area contributed by atoms with E-state index in [0.29, 0.717) is 0 Å². The molecule has 0 saturated carbocycles. The van der Waals surface area contributed by atoms with Crippen LogP contribution in [0, 0.1) is 0 Å². The molecule has 0 unspecified atom stereocenters. The second-order valence-electron chi connectivity index (χ2n) is 7.86. The second kappa shape index (κ2) is 10.4. The molecule has 33 heavy (non-hydrogen) atoms. The molecule has 1 aromatic heterocycles. The number of nitrogens with one attached hydrogen (secondary N) is 1. The Morgan fingerprint density at radius 1 is 1.00 bits per heavy atom. The van der Waals surface area contributed by atoms with E-state index in [1.165, 1.54) is 12.3 Å². The largest absolute Gasteiger partial charge is 0.374 e. The van der Waals surface area contributed by atoms with Crippen molar-refractivity contribution in [3.05, 3.63) is 105 Å². The van der Waals surface area contributed by atoms with Gasteiger partial charge in [0.15, 0.2) is 6.23 Å². The van der Waals surface area contributed by atoms with Gasteiger partial charge in [-0.25, -0.2) is 9.18 Å². The normalized spacial score (nSPS) is 24.7. The third-order valence-corrected chi connectivity index (χ3v) is 5.96. The molecular weight excluding hydrogens is 451 g/mol. The lowest BCUT2D eigenvalue weighted by atomic mass is 9.98. The summed E-state index contributed by atoms with van der Waals surface area (Å²) in [5.74, 6) is 0. The molecule has 174 valence electrons. The molecular formula is C24H24ClFN2O5. The molecule has 7 nitrogen and oxygen atoms in total. The Morgan fingerprint density at radius 2 is 1.64 bits per heavy atom. The lowest BCUT2D eigenvalue weighted by molar-refractivity contribution is -0.165. The highest BCUT2D eigenvalue weighted by Crippen LogP contribution is 2.42. The molecule has 2 aromatic carbocycles. The Balaban J connectivity index is 1.59. The summed E-state index contributed by atoms with van der Waals surface area (Å²) in [5, 5.41) is -0.923. The van der Waals surface area contributed by atoms with Gasteiger partial charge in [0.05, 0.1) is 19.8 Å². The van der Waals surface area contributed by atoms with Crippen molar-refractivity contribution in [1.29, 1.82) is 0 Å². The molecule has 4 atom stereocenters. The van der Waals surface area contributed by atoms with Gasteiger partial charge in [-0.3, -0.25) is 14.3 Å². The Labute approximate surface area is 194 Å². The molecule has 1 saturated heterocycles. The van der Waals surface area contributed by atoms with Crippen molar-refractivity contribution in [2.24, 2.45) is 0 Å². The Morgan fingerprint density at radius 3 is 2.24 bits per heavy atom. The SMILES string of the molecule is O=c1ccn([C@@H]2O[C@](CF)(COCc3ccccc3)[C@@H](OCc3ccccc3)[C@H]2Cl)c(=O)[nH]1. The summed E-state index contributed by atoms with van der Waals surface area (Å²) in [5.41, 5.74) is -1.01. The fourth-order valence-electron chi connectivity index (χ4n) is 3.83. The summed E-state index contributed by atoms with van der Waals surface area (Å²) in [6, 6.07) is 20.0. The fraction of sp³-hybridized carbons (Fsp3) is 0.333. The maximum absolute atomic E-state index is 14.6. The summed E-state index contributed by atoms with van der Waals surface area (Å²) in [4.78, 5) is 26.0. The molecule has 2 heterocycles. The molecule has 4 rings (SSSR count). The van der Waals surface area contributed by atoms with E-state index in [1.54, 1.807) is 0 Å². The third-order valence-electron chi connectivity index (χ3n) is 5.52. The predicted octanol–water partition coefficient (Wildman–Crippen LogP) is 3.18. The summed E-state index contributed by atoms with van der Waals surface area (Å²) >= 11 is 6.69. The monoisotopic (exact) mass is 474 g/mol. The van der Waals surface area contributed by atoms with Gasteiger partial charge in [-0.15, -0.1) is 11.6 Å². The molecule has 0 spiro atoms. The maximum atomic E-state index is 14.6. The number of halogens is 2. The van der Waals surface area contributed by atoms with Gasteiger partial charge in [0.2, 0.25) is 0 Å². The third kappa shape index (κ3) is 5.25. The topological polar surface area (TPSA) is 82.5 Å². The summed E-state index contributed by atoms with van der Waals surface area (Å²) < 4.78 is 33.6. The number of alkyl halides is 2. The molecule has 0 aliphatic carbocycles. The van der Waals surface area contributed by atoms with Crippen LogP contribution in [0.4, 0.5) is 4.39 Å². The minimum Gasteiger partial charge on any atom is -0.374 e. The van der Waals surface area contributed by atoms with Crippen LogP contribution >= 0.6 is 11.6 Å². The zero-order valence-corrected chi connectivity index (χ0v) is 18.5. The first-order valence-electron chi connectivity index (χ1n) is 10.5. The molecule has 3 aromatic rings. The van der Waals surface area contributed by atoms with Gasteiger partial charge in [0.25, 0.3) is 5.56 Å². The number of hydrogen-bond donors (Lipinski definition) is 1. The predicted molar refractivity (Wildman–Crippen MR) is 121 cm³/mol. The first kappa shape index (κ1) is 23.4. The molecule has 1 N–H and O–H groups in total.